The Balaban J connectivity index is 2.96. The quantitative estimate of drug-likeness (QED) is 0.841. The summed E-state index contributed by atoms with van der Waals surface area (Å²) in [7, 11) is 3.09. The average molecular weight is 318 g/mol. The number of nitrogens with two attached hydrogens (primary N) is 1. The van der Waals surface area contributed by atoms with Gasteiger partial charge in [0.25, 0.3) is 0 Å². The molecule has 5 nitrogen and oxygen atoms in total. The first kappa shape index (κ1) is 14.8. The molecule has 0 radical (unpaired) electrons. The van der Waals surface area contributed by atoms with Crippen molar-refractivity contribution in [3.8, 4) is 11.5 Å². The molecule has 6 heteroatoms. The molecule has 0 bridgehead atoms. The first-order chi connectivity index (χ1) is 8.49. The third-order valence-corrected chi connectivity index (χ3v) is 3.14. The van der Waals surface area contributed by atoms with E-state index in [4.69, 9.17) is 20.3 Å². The van der Waals surface area contributed by atoms with Crippen molar-refractivity contribution in [1.82, 2.24) is 0 Å². The Hall–Kier alpha value is -1.27. The number of benzene rings is 1. The van der Waals surface area contributed by atoms with Crippen molar-refractivity contribution in [3.63, 3.8) is 0 Å². The summed E-state index contributed by atoms with van der Waals surface area (Å²) >= 11 is 3.37. The second kappa shape index (κ2) is 6.61. The van der Waals surface area contributed by atoms with Gasteiger partial charge in [-0.1, -0.05) is 0 Å². The fraction of sp³-hybridized carbons (Fsp3) is 0.417. The second-order valence-electron chi connectivity index (χ2n) is 3.78. The highest BCUT2D eigenvalue weighted by Gasteiger charge is 2.15. The van der Waals surface area contributed by atoms with Crippen molar-refractivity contribution in [3.05, 3.63) is 22.2 Å². The van der Waals surface area contributed by atoms with Crippen LogP contribution in [0.25, 0.3) is 0 Å². The molecule has 1 rings (SSSR count). The number of hydrogen-bond acceptors (Lipinski definition) is 4. The fourth-order valence-electron chi connectivity index (χ4n) is 1.60. The summed E-state index contributed by atoms with van der Waals surface area (Å²) < 4.78 is 11.1. The second-order valence-corrected chi connectivity index (χ2v) is 4.63. The molecule has 0 aliphatic carbocycles. The molecule has 1 unspecified atom stereocenters. The molecule has 0 amide bonds. The van der Waals surface area contributed by atoms with Crippen LogP contribution in [0.15, 0.2) is 16.6 Å². The number of halogens is 1. The van der Waals surface area contributed by atoms with E-state index in [0.29, 0.717) is 17.9 Å². The molecule has 3 N–H and O–H groups in total. The standard InChI is InChI=1S/C12H16BrNO4/c1-17-10-6-7(5-8(13)12(10)18-2)9(14)3-4-11(15)16/h5-6,9H,3-4,14H2,1-2H3,(H,15,16). The van der Waals surface area contributed by atoms with Crippen molar-refractivity contribution < 1.29 is 19.4 Å². The summed E-state index contributed by atoms with van der Waals surface area (Å²) in [4.78, 5) is 10.5. The number of carboxylic acids is 1. The molecule has 100 valence electrons. The first-order valence-electron chi connectivity index (χ1n) is 5.38. The van der Waals surface area contributed by atoms with Gasteiger partial charge in [-0.05, 0) is 40.0 Å². The lowest BCUT2D eigenvalue weighted by molar-refractivity contribution is -0.137. The predicted molar refractivity (Wildman–Crippen MR) is 71.0 cm³/mol. The minimum Gasteiger partial charge on any atom is -0.493 e. The lowest BCUT2D eigenvalue weighted by atomic mass is 10.0. The van der Waals surface area contributed by atoms with Crippen LogP contribution in [0.5, 0.6) is 11.5 Å². The Bertz CT molecular complexity index is 436. The number of carbonyl (C=O) groups is 1. The first-order valence-corrected chi connectivity index (χ1v) is 6.17. The van der Waals surface area contributed by atoms with Crippen LogP contribution >= 0.6 is 15.9 Å². The summed E-state index contributed by atoms with van der Waals surface area (Å²) in [5.41, 5.74) is 6.75. The molecule has 18 heavy (non-hydrogen) atoms. The van der Waals surface area contributed by atoms with Gasteiger partial charge < -0.3 is 20.3 Å². The normalized spacial score (nSPS) is 12.0. The largest absolute Gasteiger partial charge is 0.493 e. The SMILES string of the molecule is COc1cc(C(N)CCC(=O)O)cc(Br)c1OC. The Morgan fingerprint density at radius 2 is 2.11 bits per heavy atom. The van der Waals surface area contributed by atoms with Crippen molar-refractivity contribution in [2.24, 2.45) is 5.73 Å². The number of hydrogen-bond donors (Lipinski definition) is 2. The van der Waals surface area contributed by atoms with Gasteiger partial charge in [0.15, 0.2) is 11.5 Å². The molecule has 0 heterocycles. The van der Waals surface area contributed by atoms with E-state index in [1.165, 1.54) is 7.11 Å². The number of carboxylic acid groups (broad SMARTS) is 1. The van der Waals surface area contributed by atoms with E-state index in [9.17, 15) is 4.79 Å². The molecule has 0 aliphatic rings. The minimum absolute atomic E-state index is 0.0349. The van der Waals surface area contributed by atoms with Crippen LogP contribution < -0.4 is 15.2 Å². The highest BCUT2D eigenvalue weighted by molar-refractivity contribution is 9.10. The Morgan fingerprint density at radius 3 is 2.61 bits per heavy atom. The van der Waals surface area contributed by atoms with Crippen molar-refractivity contribution in [2.75, 3.05) is 14.2 Å². The number of methoxy groups -OCH3 is 2. The van der Waals surface area contributed by atoms with Gasteiger partial charge >= 0.3 is 5.97 Å². The molecular weight excluding hydrogens is 302 g/mol. The van der Waals surface area contributed by atoms with Crippen molar-refractivity contribution >= 4 is 21.9 Å². The van der Waals surface area contributed by atoms with Gasteiger partial charge in [-0.25, -0.2) is 0 Å². The van der Waals surface area contributed by atoms with Crippen LogP contribution in [-0.4, -0.2) is 25.3 Å². The summed E-state index contributed by atoms with van der Waals surface area (Å²) in [6.45, 7) is 0. The van der Waals surface area contributed by atoms with Crippen LogP contribution in [0.2, 0.25) is 0 Å². The van der Waals surface area contributed by atoms with E-state index in [2.05, 4.69) is 15.9 Å². The fourth-order valence-corrected chi connectivity index (χ4v) is 2.22. The van der Waals surface area contributed by atoms with Gasteiger partial charge in [-0.15, -0.1) is 0 Å². The molecular formula is C12H16BrNO4. The molecule has 0 aliphatic heterocycles. The maximum atomic E-state index is 10.5. The summed E-state index contributed by atoms with van der Waals surface area (Å²) in [6.07, 6.45) is 0.407. The molecule has 0 saturated carbocycles. The zero-order valence-corrected chi connectivity index (χ0v) is 11.9. The highest BCUT2D eigenvalue weighted by Crippen LogP contribution is 2.38. The maximum absolute atomic E-state index is 10.5. The molecule has 0 fully saturated rings. The van der Waals surface area contributed by atoms with Gasteiger partial charge in [0.2, 0.25) is 0 Å². The zero-order valence-electron chi connectivity index (χ0n) is 10.3. The Labute approximate surface area is 114 Å². The monoisotopic (exact) mass is 317 g/mol. The zero-order chi connectivity index (χ0) is 13.7. The van der Waals surface area contributed by atoms with E-state index >= 15 is 0 Å². The molecule has 0 spiro atoms. The lowest BCUT2D eigenvalue weighted by Crippen LogP contribution is -2.12. The van der Waals surface area contributed by atoms with E-state index in [1.54, 1.807) is 13.2 Å². The van der Waals surface area contributed by atoms with Crippen molar-refractivity contribution in [2.45, 2.75) is 18.9 Å². The topological polar surface area (TPSA) is 81.8 Å². The minimum atomic E-state index is -0.856. The lowest BCUT2D eigenvalue weighted by Gasteiger charge is -2.15. The van der Waals surface area contributed by atoms with E-state index in [1.807, 2.05) is 6.07 Å². The van der Waals surface area contributed by atoms with Crippen molar-refractivity contribution in [1.29, 1.82) is 0 Å². The van der Waals surface area contributed by atoms with Crippen LogP contribution in [0.1, 0.15) is 24.4 Å². The summed E-state index contributed by atoms with van der Waals surface area (Å²) in [5, 5.41) is 8.64. The van der Waals surface area contributed by atoms with Gasteiger partial charge in [0.1, 0.15) is 0 Å². The highest BCUT2D eigenvalue weighted by atomic mass is 79.9. The van der Waals surface area contributed by atoms with Crippen LogP contribution in [0, 0.1) is 0 Å². The smallest absolute Gasteiger partial charge is 0.303 e. The Morgan fingerprint density at radius 1 is 1.44 bits per heavy atom. The molecule has 0 saturated heterocycles. The predicted octanol–water partition coefficient (Wildman–Crippen LogP) is 2.33. The van der Waals surface area contributed by atoms with E-state index in [0.717, 1.165) is 10.0 Å². The maximum Gasteiger partial charge on any atom is 0.303 e. The average Bonchev–Trinajstić information content (AvgIpc) is 2.34. The Kier molecular flexibility index (Phi) is 5.43. The summed E-state index contributed by atoms with van der Waals surface area (Å²) in [6, 6.07) is 3.22. The number of aliphatic carboxylic acids is 1. The van der Waals surface area contributed by atoms with E-state index in [-0.39, 0.29) is 12.5 Å². The summed E-state index contributed by atoms with van der Waals surface area (Å²) in [5.74, 6) is 0.296. The number of ether oxygens (including phenoxy) is 2. The number of rotatable bonds is 6. The van der Waals surface area contributed by atoms with E-state index < -0.39 is 5.97 Å². The van der Waals surface area contributed by atoms with Gasteiger partial charge in [-0.3, -0.25) is 4.79 Å². The third-order valence-electron chi connectivity index (χ3n) is 2.55. The van der Waals surface area contributed by atoms with Gasteiger partial charge in [0, 0.05) is 12.5 Å². The third kappa shape index (κ3) is 3.61. The molecule has 1 atom stereocenters. The van der Waals surface area contributed by atoms with Gasteiger partial charge in [-0.2, -0.15) is 0 Å². The van der Waals surface area contributed by atoms with Crippen LogP contribution in [0.3, 0.4) is 0 Å². The molecule has 0 aromatic heterocycles. The molecule has 1 aromatic carbocycles. The van der Waals surface area contributed by atoms with Gasteiger partial charge in [0.05, 0.1) is 18.7 Å². The molecule has 1 aromatic rings. The van der Waals surface area contributed by atoms with Crippen LogP contribution in [0.4, 0.5) is 0 Å². The van der Waals surface area contributed by atoms with Crippen LogP contribution in [-0.2, 0) is 4.79 Å².